The van der Waals surface area contributed by atoms with Gasteiger partial charge in [0.15, 0.2) is 0 Å². The number of aryl methyl sites for hydroxylation is 1. The third-order valence-corrected chi connectivity index (χ3v) is 3.19. The summed E-state index contributed by atoms with van der Waals surface area (Å²) < 4.78 is 1.93. The summed E-state index contributed by atoms with van der Waals surface area (Å²) >= 11 is 0. The molecule has 2 heterocycles. The van der Waals surface area contributed by atoms with Gasteiger partial charge in [-0.1, -0.05) is 0 Å². The summed E-state index contributed by atoms with van der Waals surface area (Å²) in [6.45, 7) is 6.30. The zero-order valence-corrected chi connectivity index (χ0v) is 9.84. The lowest BCUT2D eigenvalue weighted by molar-refractivity contribution is 0.107. The first-order valence-corrected chi connectivity index (χ1v) is 5.82. The van der Waals surface area contributed by atoms with Crippen LogP contribution in [0.15, 0.2) is 12.3 Å². The van der Waals surface area contributed by atoms with Crippen LogP contribution in [0.2, 0.25) is 0 Å². The Kier molecular flexibility index (Phi) is 3.93. The summed E-state index contributed by atoms with van der Waals surface area (Å²) in [7, 11) is 1.98. The molecule has 0 saturated carbocycles. The maximum absolute atomic E-state index is 8.86. The van der Waals surface area contributed by atoms with Crippen molar-refractivity contribution in [3.63, 3.8) is 0 Å². The standard InChI is InChI=1S/C11H20N4O/c1-13-11(2-3-12-13)10-15-6-4-14(5-7-15)8-9-16/h2-3,16H,4-10H2,1H3. The first-order valence-electron chi connectivity index (χ1n) is 5.82. The fraction of sp³-hybridized carbons (Fsp3) is 0.727. The molecule has 1 aromatic rings. The molecule has 16 heavy (non-hydrogen) atoms. The molecular weight excluding hydrogens is 204 g/mol. The van der Waals surface area contributed by atoms with Crippen LogP contribution in [0.5, 0.6) is 0 Å². The Hall–Kier alpha value is -0.910. The van der Waals surface area contributed by atoms with E-state index in [2.05, 4.69) is 21.0 Å². The smallest absolute Gasteiger partial charge is 0.0558 e. The molecule has 0 unspecified atom stereocenters. The molecule has 2 rings (SSSR count). The Bertz CT molecular complexity index is 318. The van der Waals surface area contributed by atoms with Crippen molar-refractivity contribution in [3.05, 3.63) is 18.0 Å². The van der Waals surface area contributed by atoms with E-state index in [1.165, 1.54) is 5.69 Å². The van der Waals surface area contributed by atoms with Crippen LogP contribution in [0.3, 0.4) is 0 Å². The van der Waals surface area contributed by atoms with Crippen LogP contribution in [0.1, 0.15) is 5.69 Å². The molecule has 0 bridgehead atoms. The number of β-amino-alcohol motifs (C(OH)–C–C–N with tert-alkyl or cyclic N) is 1. The van der Waals surface area contributed by atoms with Crippen molar-refractivity contribution in [3.8, 4) is 0 Å². The summed E-state index contributed by atoms with van der Waals surface area (Å²) in [6.07, 6.45) is 1.84. The normalized spacial score (nSPS) is 19.1. The zero-order chi connectivity index (χ0) is 11.4. The highest BCUT2D eigenvalue weighted by atomic mass is 16.3. The monoisotopic (exact) mass is 224 g/mol. The number of piperazine rings is 1. The second-order valence-electron chi connectivity index (χ2n) is 4.29. The van der Waals surface area contributed by atoms with E-state index in [4.69, 9.17) is 5.11 Å². The molecule has 0 aromatic carbocycles. The molecule has 90 valence electrons. The van der Waals surface area contributed by atoms with Gasteiger partial charge in [0, 0.05) is 52.5 Å². The average Bonchev–Trinajstić information content (AvgIpc) is 2.68. The Balaban J connectivity index is 1.79. The molecule has 1 saturated heterocycles. The van der Waals surface area contributed by atoms with Gasteiger partial charge in [0.1, 0.15) is 0 Å². The maximum Gasteiger partial charge on any atom is 0.0558 e. The molecule has 0 amide bonds. The molecule has 1 aliphatic heterocycles. The Morgan fingerprint density at radius 2 is 1.94 bits per heavy atom. The van der Waals surface area contributed by atoms with Crippen LogP contribution >= 0.6 is 0 Å². The SMILES string of the molecule is Cn1nccc1CN1CCN(CCO)CC1. The Labute approximate surface area is 96.3 Å². The molecule has 0 atom stereocenters. The summed E-state index contributed by atoms with van der Waals surface area (Å²) in [6, 6.07) is 2.07. The number of hydrogen-bond acceptors (Lipinski definition) is 4. The van der Waals surface area contributed by atoms with Gasteiger partial charge in [0.2, 0.25) is 0 Å². The van der Waals surface area contributed by atoms with Gasteiger partial charge < -0.3 is 5.11 Å². The van der Waals surface area contributed by atoms with Crippen molar-refractivity contribution >= 4 is 0 Å². The van der Waals surface area contributed by atoms with Gasteiger partial charge in [0.05, 0.1) is 12.3 Å². The summed E-state index contributed by atoms with van der Waals surface area (Å²) in [5, 5.41) is 13.0. The summed E-state index contributed by atoms with van der Waals surface area (Å²) in [5.41, 5.74) is 1.26. The third kappa shape index (κ3) is 2.81. The molecule has 5 heteroatoms. The van der Waals surface area contributed by atoms with Crippen molar-refractivity contribution < 1.29 is 5.11 Å². The highest BCUT2D eigenvalue weighted by Gasteiger charge is 2.16. The van der Waals surface area contributed by atoms with Crippen molar-refractivity contribution in [1.29, 1.82) is 0 Å². The molecule has 1 aromatic heterocycles. The second kappa shape index (κ2) is 5.43. The van der Waals surface area contributed by atoms with E-state index in [1.807, 2.05) is 17.9 Å². The van der Waals surface area contributed by atoms with Gasteiger partial charge in [-0.25, -0.2) is 0 Å². The fourth-order valence-electron chi connectivity index (χ4n) is 2.10. The van der Waals surface area contributed by atoms with E-state index in [9.17, 15) is 0 Å². The first kappa shape index (κ1) is 11.6. The van der Waals surface area contributed by atoms with E-state index < -0.39 is 0 Å². The molecular formula is C11H20N4O. The van der Waals surface area contributed by atoms with Gasteiger partial charge in [-0.15, -0.1) is 0 Å². The number of aromatic nitrogens is 2. The molecule has 0 radical (unpaired) electrons. The molecule has 0 spiro atoms. The van der Waals surface area contributed by atoms with Gasteiger partial charge in [-0.05, 0) is 6.07 Å². The first-order chi connectivity index (χ1) is 7.79. The highest BCUT2D eigenvalue weighted by Crippen LogP contribution is 2.07. The van der Waals surface area contributed by atoms with Crippen LogP contribution < -0.4 is 0 Å². The van der Waals surface area contributed by atoms with Crippen molar-refractivity contribution in [2.24, 2.45) is 7.05 Å². The van der Waals surface area contributed by atoms with Gasteiger partial charge in [0.25, 0.3) is 0 Å². The van der Waals surface area contributed by atoms with E-state index in [0.29, 0.717) is 0 Å². The molecule has 1 fully saturated rings. The van der Waals surface area contributed by atoms with E-state index in [-0.39, 0.29) is 6.61 Å². The maximum atomic E-state index is 8.86. The van der Waals surface area contributed by atoms with Crippen molar-refractivity contribution in [1.82, 2.24) is 19.6 Å². The van der Waals surface area contributed by atoms with E-state index >= 15 is 0 Å². The van der Waals surface area contributed by atoms with Crippen LogP contribution in [-0.4, -0.2) is 64.0 Å². The number of hydrogen-bond donors (Lipinski definition) is 1. The number of aliphatic hydroxyl groups excluding tert-OH is 1. The minimum Gasteiger partial charge on any atom is -0.395 e. The van der Waals surface area contributed by atoms with Crippen molar-refractivity contribution in [2.75, 3.05) is 39.3 Å². The summed E-state index contributed by atoms with van der Waals surface area (Å²) in [5.74, 6) is 0. The third-order valence-electron chi connectivity index (χ3n) is 3.19. The predicted molar refractivity (Wildman–Crippen MR) is 62.0 cm³/mol. The molecule has 1 N–H and O–H groups in total. The second-order valence-corrected chi connectivity index (χ2v) is 4.29. The predicted octanol–water partition coefficient (Wildman–Crippen LogP) is -0.470. The zero-order valence-electron chi connectivity index (χ0n) is 9.84. The Morgan fingerprint density at radius 1 is 1.25 bits per heavy atom. The topological polar surface area (TPSA) is 44.5 Å². The van der Waals surface area contributed by atoms with E-state index in [1.54, 1.807) is 0 Å². The van der Waals surface area contributed by atoms with Crippen molar-refractivity contribution in [2.45, 2.75) is 6.54 Å². The lowest BCUT2D eigenvalue weighted by Gasteiger charge is -2.34. The molecule has 5 nitrogen and oxygen atoms in total. The number of nitrogens with zero attached hydrogens (tertiary/aromatic N) is 4. The van der Waals surface area contributed by atoms with Crippen LogP contribution in [0.4, 0.5) is 0 Å². The number of aliphatic hydroxyl groups is 1. The average molecular weight is 224 g/mol. The Morgan fingerprint density at radius 3 is 2.50 bits per heavy atom. The van der Waals surface area contributed by atoms with Gasteiger partial charge >= 0.3 is 0 Å². The number of rotatable bonds is 4. The minimum atomic E-state index is 0.266. The lowest BCUT2D eigenvalue weighted by atomic mass is 10.3. The quantitative estimate of drug-likeness (QED) is 0.751. The highest BCUT2D eigenvalue weighted by molar-refractivity contribution is 4.99. The molecule has 0 aliphatic carbocycles. The van der Waals surface area contributed by atoms with E-state index in [0.717, 1.165) is 39.3 Å². The van der Waals surface area contributed by atoms with Crippen LogP contribution in [-0.2, 0) is 13.6 Å². The fourth-order valence-corrected chi connectivity index (χ4v) is 2.10. The largest absolute Gasteiger partial charge is 0.395 e. The van der Waals surface area contributed by atoms with Crippen LogP contribution in [0, 0.1) is 0 Å². The van der Waals surface area contributed by atoms with Gasteiger partial charge in [-0.3, -0.25) is 14.5 Å². The van der Waals surface area contributed by atoms with Gasteiger partial charge in [-0.2, -0.15) is 5.10 Å². The minimum absolute atomic E-state index is 0.266. The van der Waals surface area contributed by atoms with Crippen LogP contribution in [0.25, 0.3) is 0 Å². The lowest BCUT2D eigenvalue weighted by Crippen LogP contribution is -2.46. The summed E-state index contributed by atoms with van der Waals surface area (Å²) in [4.78, 5) is 4.74. The molecule has 1 aliphatic rings.